The van der Waals surface area contributed by atoms with Crippen molar-refractivity contribution in [3.63, 3.8) is 0 Å². The summed E-state index contributed by atoms with van der Waals surface area (Å²) in [5, 5.41) is 0. The molecule has 0 unspecified atom stereocenters. The van der Waals surface area contributed by atoms with Crippen molar-refractivity contribution >= 4 is 17.9 Å². The molecule has 0 aromatic heterocycles. The smallest absolute Gasteiger partial charge is 0.239 e. The van der Waals surface area contributed by atoms with Crippen molar-refractivity contribution in [3.05, 3.63) is 29.3 Å². The van der Waals surface area contributed by atoms with Gasteiger partial charge in [0.15, 0.2) is 5.90 Å². The minimum absolute atomic E-state index is 0.313. The van der Waals surface area contributed by atoms with Crippen molar-refractivity contribution < 1.29 is 9.31 Å². The van der Waals surface area contributed by atoms with Crippen LogP contribution < -0.4 is 4.90 Å². The van der Waals surface area contributed by atoms with Crippen LogP contribution in [0.3, 0.4) is 0 Å². The second kappa shape index (κ2) is 8.68. The third-order valence-corrected chi connectivity index (χ3v) is 9.51. The second-order valence-electron chi connectivity index (χ2n) is 12.8. The lowest BCUT2D eigenvalue weighted by Gasteiger charge is -2.56. The maximum Gasteiger partial charge on any atom is 0.239 e. The Morgan fingerprint density at radius 2 is 1.62 bits per heavy atom. The average Bonchev–Trinajstić information content (AvgIpc) is 3.46. The summed E-state index contributed by atoms with van der Waals surface area (Å²) in [5.41, 5.74) is 4.70. The van der Waals surface area contributed by atoms with Crippen LogP contribution in [-0.2, 0) is 4.74 Å². The van der Waals surface area contributed by atoms with E-state index in [0.29, 0.717) is 23.3 Å². The van der Waals surface area contributed by atoms with Crippen molar-refractivity contribution in [1.29, 1.82) is 0 Å². The van der Waals surface area contributed by atoms with Crippen molar-refractivity contribution in [2.24, 2.45) is 28.2 Å². The van der Waals surface area contributed by atoms with Gasteiger partial charge in [-0.15, -0.1) is 0 Å². The first-order valence-electron chi connectivity index (χ1n) is 14.1. The number of hydrogen-bond acceptors (Lipinski definition) is 3. The summed E-state index contributed by atoms with van der Waals surface area (Å²) >= 11 is 0. The van der Waals surface area contributed by atoms with Gasteiger partial charge in [0.2, 0.25) is 6.34 Å². The van der Waals surface area contributed by atoms with Crippen LogP contribution >= 0.6 is 0 Å². The van der Waals surface area contributed by atoms with Crippen LogP contribution in [-0.4, -0.2) is 49.1 Å². The van der Waals surface area contributed by atoms with Crippen LogP contribution in [0.15, 0.2) is 23.2 Å². The number of nitrogens with zero attached hydrogens (tertiary/aromatic N) is 3. The van der Waals surface area contributed by atoms with E-state index in [1.165, 1.54) is 55.3 Å². The van der Waals surface area contributed by atoms with E-state index in [1.54, 1.807) is 0 Å². The summed E-state index contributed by atoms with van der Waals surface area (Å²) in [6.07, 6.45) is 12.0. The first-order valence-corrected chi connectivity index (χ1v) is 14.1. The quantitative estimate of drug-likeness (QED) is 0.451. The largest absolute Gasteiger partial charge is 0.478 e. The van der Waals surface area contributed by atoms with E-state index < -0.39 is 0 Å². The molecule has 0 spiro atoms. The molecule has 1 atom stereocenters. The fourth-order valence-electron chi connectivity index (χ4n) is 8.27. The maximum atomic E-state index is 6.35. The molecule has 184 valence electrons. The lowest BCUT2D eigenvalue weighted by molar-refractivity contribution is -0.514. The Labute approximate surface area is 206 Å². The van der Waals surface area contributed by atoms with Gasteiger partial charge in [-0.25, -0.2) is 9.89 Å². The summed E-state index contributed by atoms with van der Waals surface area (Å²) in [6.45, 7) is 13.3. The molecular weight excluding hydrogens is 418 g/mol. The number of rotatable bonds is 7. The molecule has 6 aliphatic rings. The van der Waals surface area contributed by atoms with Gasteiger partial charge in [-0.1, -0.05) is 45.9 Å². The Morgan fingerprint density at radius 3 is 2.21 bits per heavy atom. The number of ether oxygens (including phenoxy) is 1. The molecule has 2 aliphatic heterocycles. The fraction of sp³-hybridized carbons (Fsp3) is 0.733. The van der Waals surface area contributed by atoms with Crippen molar-refractivity contribution in [2.45, 2.75) is 90.5 Å². The van der Waals surface area contributed by atoms with Crippen LogP contribution in [0.5, 0.6) is 0 Å². The predicted octanol–water partition coefficient (Wildman–Crippen LogP) is 6.20. The Balaban J connectivity index is 1.13. The number of anilines is 1. The van der Waals surface area contributed by atoms with E-state index in [2.05, 4.69) is 61.7 Å². The highest BCUT2D eigenvalue weighted by molar-refractivity contribution is 5.84. The molecule has 4 saturated carbocycles. The monoisotopic (exact) mass is 462 g/mol. The minimum Gasteiger partial charge on any atom is -0.478 e. The highest BCUT2D eigenvalue weighted by Crippen LogP contribution is 2.61. The summed E-state index contributed by atoms with van der Waals surface area (Å²) in [5.74, 6) is 5.08. The zero-order valence-corrected chi connectivity index (χ0v) is 21.8. The molecule has 2 heterocycles. The highest BCUT2D eigenvalue weighted by atomic mass is 16.5. The van der Waals surface area contributed by atoms with Gasteiger partial charge in [0.25, 0.3) is 0 Å². The SMILES string of the molecule is CC(C)c1cccc(C(C)C)c1N1C=[N+](CC[C@H]2COC(C34CC5CC(CC(C5)C3)C4)=N2)CC1. The zero-order chi connectivity index (χ0) is 23.4. The van der Waals surface area contributed by atoms with E-state index in [9.17, 15) is 0 Å². The molecule has 4 fully saturated rings. The standard InChI is InChI=1S/C30H44N3O/c1-20(2)26-6-5-7-27(21(3)4)28(26)33-11-10-32(19-33)9-8-25-18-34-29(31-25)30-15-22-12-23(16-30)14-24(13-22)17-30/h5-7,19-25H,8-18H2,1-4H3/q+1/t22?,23?,24?,25-,30?/m0/s1. The van der Waals surface area contributed by atoms with Crippen molar-refractivity contribution in [3.8, 4) is 0 Å². The highest BCUT2D eigenvalue weighted by Gasteiger charge is 2.55. The molecule has 1 aromatic carbocycles. The normalized spacial score (nSPS) is 34.2. The molecule has 34 heavy (non-hydrogen) atoms. The molecule has 0 N–H and O–H groups in total. The Morgan fingerprint density at radius 1 is 1.00 bits per heavy atom. The molecule has 0 amide bonds. The van der Waals surface area contributed by atoms with Crippen molar-refractivity contribution in [1.82, 2.24) is 0 Å². The second-order valence-corrected chi connectivity index (χ2v) is 12.8. The minimum atomic E-state index is 0.313. The lowest BCUT2D eigenvalue weighted by atomic mass is 9.49. The summed E-state index contributed by atoms with van der Waals surface area (Å²) in [4.78, 5) is 7.74. The molecule has 7 rings (SSSR count). The van der Waals surface area contributed by atoms with Gasteiger partial charge in [0.1, 0.15) is 25.4 Å². The van der Waals surface area contributed by atoms with Crippen LogP contribution in [0.25, 0.3) is 0 Å². The van der Waals surface area contributed by atoms with Crippen LogP contribution in [0.1, 0.15) is 95.6 Å². The van der Waals surface area contributed by atoms with Gasteiger partial charge in [-0.2, -0.15) is 0 Å². The number of aliphatic imine (C=N–C) groups is 1. The Hall–Kier alpha value is -1.84. The van der Waals surface area contributed by atoms with Gasteiger partial charge >= 0.3 is 0 Å². The van der Waals surface area contributed by atoms with E-state index >= 15 is 0 Å². The molecule has 4 nitrogen and oxygen atoms in total. The van der Waals surface area contributed by atoms with Crippen molar-refractivity contribution in [2.75, 3.05) is 31.1 Å². The number of hydrogen-bond donors (Lipinski definition) is 0. The van der Waals surface area contributed by atoms with Gasteiger partial charge in [-0.3, -0.25) is 4.58 Å². The summed E-state index contributed by atoms with van der Waals surface area (Å²) in [6, 6.07) is 7.22. The Kier molecular flexibility index (Phi) is 5.77. The first kappa shape index (κ1) is 22.6. The summed E-state index contributed by atoms with van der Waals surface area (Å²) < 4.78 is 8.86. The van der Waals surface area contributed by atoms with E-state index in [1.807, 2.05) is 0 Å². The van der Waals surface area contributed by atoms with E-state index in [0.717, 1.165) is 56.3 Å². The molecule has 0 radical (unpaired) electrons. The molecule has 4 aliphatic carbocycles. The maximum absolute atomic E-state index is 6.35. The number of para-hydroxylation sites is 1. The van der Waals surface area contributed by atoms with Gasteiger partial charge in [0.05, 0.1) is 12.6 Å². The topological polar surface area (TPSA) is 27.8 Å². The molecule has 4 bridgehead atoms. The van der Waals surface area contributed by atoms with Crippen LogP contribution in [0.2, 0.25) is 0 Å². The third-order valence-electron chi connectivity index (χ3n) is 9.51. The first-order chi connectivity index (χ1) is 16.4. The van der Waals surface area contributed by atoms with Crippen LogP contribution in [0.4, 0.5) is 5.69 Å². The van der Waals surface area contributed by atoms with E-state index in [-0.39, 0.29) is 0 Å². The van der Waals surface area contributed by atoms with Gasteiger partial charge < -0.3 is 4.74 Å². The molecule has 0 saturated heterocycles. The molecule has 1 aromatic rings. The zero-order valence-electron chi connectivity index (χ0n) is 21.8. The molecular formula is C30H44N3O+. The number of benzene rings is 1. The van der Waals surface area contributed by atoms with Crippen LogP contribution in [0, 0.1) is 23.2 Å². The van der Waals surface area contributed by atoms with Gasteiger partial charge in [-0.05, 0) is 68.1 Å². The summed E-state index contributed by atoms with van der Waals surface area (Å²) in [7, 11) is 0. The lowest BCUT2D eigenvalue weighted by Crippen LogP contribution is -2.50. The van der Waals surface area contributed by atoms with Gasteiger partial charge in [0, 0.05) is 23.0 Å². The third kappa shape index (κ3) is 3.99. The average molecular weight is 463 g/mol. The molecule has 4 heteroatoms. The Bertz CT molecular complexity index is 929. The predicted molar refractivity (Wildman–Crippen MR) is 140 cm³/mol. The fourth-order valence-corrected chi connectivity index (χ4v) is 8.27. The van der Waals surface area contributed by atoms with E-state index in [4.69, 9.17) is 9.73 Å².